The van der Waals surface area contributed by atoms with E-state index in [9.17, 15) is 0 Å². The van der Waals surface area contributed by atoms with Gasteiger partial charge in [0.2, 0.25) is 9.76 Å². The highest BCUT2D eigenvalue weighted by molar-refractivity contribution is 6.25. The van der Waals surface area contributed by atoms with Crippen LogP contribution in [-0.2, 0) is 0 Å². The van der Waals surface area contributed by atoms with Crippen LogP contribution >= 0.6 is 0 Å². The lowest BCUT2D eigenvalue weighted by atomic mass is 9.84. The van der Waals surface area contributed by atoms with Crippen LogP contribution in [-0.4, -0.2) is 14.6 Å². The normalized spacial score (nSPS) is 12.0. The van der Waals surface area contributed by atoms with E-state index in [1.807, 2.05) is 0 Å². The Morgan fingerprint density at radius 3 is 2.33 bits per heavy atom. The van der Waals surface area contributed by atoms with Crippen molar-refractivity contribution in [2.75, 3.05) is 0 Å². The Morgan fingerprint density at radius 2 is 1.83 bits per heavy atom. The zero-order valence-electron chi connectivity index (χ0n) is 8.69. The van der Waals surface area contributed by atoms with E-state index in [-0.39, 0.29) is 9.76 Å². The minimum absolute atomic E-state index is 0.137. The van der Waals surface area contributed by atoms with Crippen molar-refractivity contribution < 1.29 is 4.80 Å². The zero-order chi connectivity index (χ0) is 9.45. The topological polar surface area (TPSA) is 20.2 Å². The molecule has 0 aliphatic carbocycles. The van der Waals surface area contributed by atoms with E-state index in [1.165, 1.54) is 32.1 Å². The highest BCUT2D eigenvalue weighted by atomic mass is 28.2. The van der Waals surface area contributed by atoms with Crippen molar-refractivity contribution in [1.29, 1.82) is 0 Å². The third kappa shape index (κ3) is 6.86. The first-order chi connectivity index (χ1) is 5.62. The van der Waals surface area contributed by atoms with Crippen LogP contribution in [0.3, 0.4) is 0 Å². The number of unbranched alkanes of at least 4 members (excludes halogenated alkanes) is 2. The largest absolute Gasteiger partial charge is 0.432 e. The molecule has 12 heavy (non-hydrogen) atoms. The summed E-state index contributed by atoms with van der Waals surface area (Å²) in [5.74, 6) is 0. The zero-order valence-corrected chi connectivity index (χ0v) is 9.69. The van der Waals surface area contributed by atoms with Gasteiger partial charge in [-0.1, -0.05) is 40.0 Å². The first kappa shape index (κ1) is 12.2. The Labute approximate surface area is 79.5 Å². The van der Waals surface area contributed by atoms with Crippen molar-refractivity contribution in [3.8, 4) is 0 Å². The number of hydrogen-bond acceptors (Lipinski definition) is 1. The van der Waals surface area contributed by atoms with Crippen molar-refractivity contribution in [3.05, 3.63) is 0 Å². The smallest absolute Gasteiger partial charge is 0.224 e. The van der Waals surface area contributed by atoms with Crippen molar-refractivity contribution in [3.63, 3.8) is 0 Å². The van der Waals surface area contributed by atoms with Crippen LogP contribution < -0.4 is 0 Å². The average molecular weight is 186 g/mol. The molecule has 0 saturated carbocycles. The van der Waals surface area contributed by atoms with Crippen LogP contribution in [0.15, 0.2) is 0 Å². The summed E-state index contributed by atoms with van der Waals surface area (Å²) in [6.45, 7) is 6.85. The van der Waals surface area contributed by atoms with Gasteiger partial charge in [-0.25, -0.2) is 0 Å². The minimum atomic E-state index is 0.137. The Morgan fingerprint density at radius 1 is 1.17 bits per heavy atom. The highest BCUT2D eigenvalue weighted by Gasteiger charge is 2.16. The Bertz CT molecular complexity index is 102. The maximum atomic E-state index is 8.73. The fourth-order valence-electron chi connectivity index (χ4n) is 1.37. The second-order valence-electron chi connectivity index (χ2n) is 4.28. The van der Waals surface area contributed by atoms with Crippen LogP contribution in [0.25, 0.3) is 0 Å². The molecule has 0 heterocycles. The van der Waals surface area contributed by atoms with Crippen molar-refractivity contribution in [1.82, 2.24) is 0 Å². The van der Waals surface area contributed by atoms with E-state index >= 15 is 0 Å². The number of rotatable bonds is 7. The third-order valence-corrected chi connectivity index (χ3v) is 2.84. The summed E-state index contributed by atoms with van der Waals surface area (Å²) in [6, 6.07) is 0.985. The molecule has 0 unspecified atom stereocenters. The van der Waals surface area contributed by atoms with Crippen LogP contribution in [0.5, 0.6) is 0 Å². The third-order valence-electron chi connectivity index (χ3n) is 2.37. The van der Waals surface area contributed by atoms with Crippen molar-refractivity contribution in [2.45, 2.75) is 58.9 Å². The predicted octanol–water partition coefficient (Wildman–Crippen LogP) is 3.01. The molecule has 0 spiro atoms. The molecule has 1 nitrogen and oxygen atoms in total. The lowest BCUT2D eigenvalue weighted by Gasteiger charge is -2.23. The minimum Gasteiger partial charge on any atom is -0.432 e. The van der Waals surface area contributed by atoms with Gasteiger partial charge < -0.3 is 4.80 Å². The maximum Gasteiger partial charge on any atom is 0.224 e. The molecule has 0 aliphatic heterocycles. The monoisotopic (exact) mass is 186 g/mol. The Balaban J connectivity index is 3.42. The van der Waals surface area contributed by atoms with Gasteiger partial charge in [0.25, 0.3) is 0 Å². The van der Waals surface area contributed by atoms with Crippen LogP contribution in [0, 0.1) is 5.41 Å². The first-order valence-electron chi connectivity index (χ1n) is 4.99. The van der Waals surface area contributed by atoms with E-state index in [2.05, 4.69) is 20.8 Å². The van der Waals surface area contributed by atoms with Crippen molar-refractivity contribution >= 4 is 9.76 Å². The summed E-state index contributed by atoms with van der Waals surface area (Å²) in [5, 5.41) is 0. The standard InChI is InChI=1S/C10H22OSi/c1-4-5-6-7-10(2,3)8-9-12-11/h11H,4-9H2,1-3H3. The summed E-state index contributed by atoms with van der Waals surface area (Å²) in [5.41, 5.74) is 0.449. The van der Waals surface area contributed by atoms with Crippen LogP contribution in [0.4, 0.5) is 0 Å². The molecule has 72 valence electrons. The van der Waals surface area contributed by atoms with Gasteiger partial charge in [-0.15, -0.1) is 0 Å². The number of hydrogen-bond donors (Lipinski definition) is 1. The predicted molar refractivity (Wildman–Crippen MR) is 55.3 cm³/mol. The van der Waals surface area contributed by atoms with E-state index in [0.717, 1.165) is 6.04 Å². The highest BCUT2D eigenvalue weighted by Crippen LogP contribution is 2.28. The molecule has 0 aliphatic rings. The molecular formula is C10H22OSi. The van der Waals surface area contributed by atoms with Gasteiger partial charge in [-0.2, -0.15) is 0 Å². The molecule has 0 aromatic heterocycles. The maximum absolute atomic E-state index is 8.73. The van der Waals surface area contributed by atoms with Gasteiger partial charge in [0.1, 0.15) is 0 Å². The summed E-state index contributed by atoms with van der Waals surface area (Å²) in [6.07, 6.45) is 6.48. The molecule has 0 rings (SSSR count). The van der Waals surface area contributed by atoms with Gasteiger partial charge in [0, 0.05) is 0 Å². The lowest BCUT2D eigenvalue weighted by Crippen LogP contribution is -2.11. The van der Waals surface area contributed by atoms with Gasteiger partial charge in [0.15, 0.2) is 0 Å². The molecule has 0 fully saturated rings. The molecule has 0 saturated heterocycles. The van der Waals surface area contributed by atoms with Gasteiger partial charge in [0.05, 0.1) is 0 Å². The van der Waals surface area contributed by atoms with Crippen molar-refractivity contribution in [2.24, 2.45) is 5.41 Å². The lowest BCUT2D eigenvalue weighted by molar-refractivity contribution is 0.306. The molecular weight excluding hydrogens is 164 g/mol. The quantitative estimate of drug-likeness (QED) is 0.479. The van der Waals surface area contributed by atoms with E-state index < -0.39 is 0 Å². The summed E-state index contributed by atoms with van der Waals surface area (Å²) in [4.78, 5) is 8.73. The van der Waals surface area contributed by atoms with Crippen LogP contribution in [0.1, 0.15) is 52.9 Å². The molecule has 0 amide bonds. The molecule has 0 aromatic carbocycles. The molecule has 1 N–H and O–H groups in total. The molecule has 2 heteroatoms. The fourth-order valence-corrected chi connectivity index (χ4v) is 2.16. The molecule has 2 radical (unpaired) electrons. The SMILES string of the molecule is CCCCCC(C)(C)CC[Si]O. The molecule has 0 aromatic rings. The van der Waals surface area contributed by atoms with Gasteiger partial charge >= 0.3 is 0 Å². The second-order valence-corrected chi connectivity index (χ2v) is 5.10. The first-order valence-corrected chi connectivity index (χ1v) is 6.15. The molecule has 0 bridgehead atoms. The van der Waals surface area contributed by atoms with Gasteiger partial charge in [-0.05, 0) is 24.3 Å². The average Bonchev–Trinajstić information content (AvgIpc) is 2.01. The summed E-state index contributed by atoms with van der Waals surface area (Å²) < 4.78 is 0. The molecule has 0 atom stereocenters. The van der Waals surface area contributed by atoms with Crippen LogP contribution in [0.2, 0.25) is 6.04 Å². The Kier molecular flexibility index (Phi) is 6.77. The second kappa shape index (κ2) is 6.67. The fraction of sp³-hybridized carbons (Fsp3) is 1.00. The van der Waals surface area contributed by atoms with E-state index in [0.29, 0.717) is 5.41 Å². The van der Waals surface area contributed by atoms with E-state index in [4.69, 9.17) is 4.80 Å². The van der Waals surface area contributed by atoms with Gasteiger partial charge in [-0.3, -0.25) is 0 Å². The Hall–Kier alpha value is 0.177. The summed E-state index contributed by atoms with van der Waals surface area (Å²) in [7, 11) is 0.137. The summed E-state index contributed by atoms with van der Waals surface area (Å²) >= 11 is 0. The van der Waals surface area contributed by atoms with E-state index in [1.54, 1.807) is 0 Å².